The number of aryl methyl sites for hydroxylation is 1. The minimum absolute atomic E-state index is 0.223. The second-order valence-electron chi connectivity index (χ2n) is 2.31. The normalized spacial score (nSPS) is 9.09. The molecule has 0 radical (unpaired) electrons. The van der Waals surface area contributed by atoms with Gasteiger partial charge < -0.3 is 5.11 Å². The predicted molar refractivity (Wildman–Crippen MR) is 42.2 cm³/mol. The molecule has 0 bridgehead atoms. The molecule has 0 aliphatic rings. The fourth-order valence-electron chi connectivity index (χ4n) is 0.982. The van der Waals surface area contributed by atoms with Gasteiger partial charge in [-0.05, 0) is 30.2 Å². The first-order chi connectivity index (χ1) is 5.27. The molecular formula is C9H9NO. The highest BCUT2D eigenvalue weighted by Gasteiger charge is 1.99. The van der Waals surface area contributed by atoms with Crippen LogP contribution in [0.1, 0.15) is 18.1 Å². The average molecular weight is 147 g/mol. The zero-order valence-electron chi connectivity index (χ0n) is 6.33. The molecule has 0 fully saturated rings. The number of rotatable bonds is 1. The van der Waals surface area contributed by atoms with Crippen molar-refractivity contribution in [2.45, 2.75) is 13.3 Å². The van der Waals surface area contributed by atoms with E-state index in [0.29, 0.717) is 5.56 Å². The molecule has 0 heterocycles. The minimum Gasteiger partial charge on any atom is -0.508 e. The van der Waals surface area contributed by atoms with Gasteiger partial charge in [0.15, 0.2) is 0 Å². The van der Waals surface area contributed by atoms with Gasteiger partial charge in [0.05, 0.1) is 11.6 Å². The molecule has 56 valence electrons. The molecule has 0 aromatic heterocycles. The van der Waals surface area contributed by atoms with Crippen LogP contribution >= 0.6 is 0 Å². The van der Waals surface area contributed by atoms with Gasteiger partial charge in [0, 0.05) is 0 Å². The van der Waals surface area contributed by atoms with E-state index in [1.54, 1.807) is 12.1 Å². The standard InChI is InChI=1S/C9H9NO/c1-2-7-5-9(11)4-3-8(7)6-10/h3-5,11H,2H2,1H3. The number of nitrogens with zero attached hydrogens (tertiary/aromatic N) is 1. The van der Waals surface area contributed by atoms with Crippen LogP contribution in [0.2, 0.25) is 0 Å². The summed E-state index contributed by atoms with van der Waals surface area (Å²) in [7, 11) is 0. The first-order valence-corrected chi connectivity index (χ1v) is 3.50. The molecule has 11 heavy (non-hydrogen) atoms. The van der Waals surface area contributed by atoms with Gasteiger partial charge in [0.2, 0.25) is 0 Å². The van der Waals surface area contributed by atoms with E-state index in [-0.39, 0.29) is 5.75 Å². The largest absolute Gasteiger partial charge is 0.508 e. The Morgan fingerprint density at radius 2 is 2.27 bits per heavy atom. The fourth-order valence-corrected chi connectivity index (χ4v) is 0.982. The summed E-state index contributed by atoms with van der Waals surface area (Å²) in [6.07, 6.45) is 0.775. The maximum atomic E-state index is 9.05. The average Bonchev–Trinajstić information content (AvgIpc) is 2.04. The number of hydrogen-bond donors (Lipinski definition) is 1. The van der Waals surface area contributed by atoms with Crippen molar-refractivity contribution in [1.29, 1.82) is 5.26 Å². The van der Waals surface area contributed by atoms with Gasteiger partial charge in [0.25, 0.3) is 0 Å². The van der Waals surface area contributed by atoms with E-state index in [2.05, 4.69) is 6.07 Å². The first kappa shape index (κ1) is 7.62. The Balaban J connectivity index is 3.19. The number of benzene rings is 1. The Morgan fingerprint density at radius 1 is 1.55 bits per heavy atom. The van der Waals surface area contributed by atoms with E-state index >= 15 is 0 Å². The summed E-state index contributed by atoms with van der Waals surface area (Å²) in [5, 5.41) is 17.7. The lowest BCUT2D eigenvalue weighted by Crippen LogP contribution is -1.85. The van der Waals surface area contributed by atoms with Crippen LogP contribution in [0.3, 0.4) is 0 Å². The summed E-state index contributed by atoms with van der Waals surface area (Å²) in [4.78, 5) is 0. The fraction of sp³-hybridized carbons (Fsp3) is 0.222. The van der Waals surface area contributed by atoms with Gasteiger partial charge in [-0.15, -0.1) is 0 Å². The third kappa shape index (κ3) is 1.50. The Labute approximate surface area is 65.7 Å². The predicted octanol–water partition coefficient (Wildman–Crippen LogP) is 1.83. The van der Waals surface area contributed by atoms with E-state index in [9.17, 15) is 0 Å². The molecular weight excluding hydrogens is 138 g/mol. The molecule has 0 saturated heterocycles. The molecule has 1 aromatic carbocycles. The van der Waals surface area contributed by atoms with E-state index in [1.807, 2.05) is 6.92 Å². The SMILES string of the molecule is CCc1cc(O)ccc1C#N. The summed E-state index contributed by atoms with van der Waals surface area (Å²) in [6, 6.07) is 6.84. The third-order valence-electron chi connectivity index (χ3n) is 1.59. The lowest BCUT2D eigenvalue weighted by atomic mass is 10.1. The highest BCUT2D eigenvalue weighted by molar-refractivity contribution is 5.42. The summed E-state index contributed by atoms with van der Waals surface area (Å²) in [5.74, 6) is 0.223. The molecule has 2 nitrogen and oxygen atoms in total. The highest BCUT2D eigenvalue weighted by atomic mass is 16.3. The Hall–Kier alpha value is -1.49. The molecule has 0 saturated carbocycles. The molecule has 0 unspecified atom stereocenters. The van der Waals surface area contributed by atoms with E-state index < -0.39 is 0 Å². The second-order valence-corrected chi connectivity index (χ2v) is 2.31. The number of aromatic hydroxyl groups is 1. The van der Waals surface area contributed by atoms with Crippen molar-refractivity contribution in [2.24, 2.45) is 0 Å². The first-order valence-electron chi connectivity index (χ1n) is 3.50. The molecule has 0 aliphatic heterocycles. The highest BCUT2D eigenvalue weighted by Crippen LogP contribution is 2.15. The van der Waals surface area contributed by atoms with Gasteiger partial charge >= 0.3 is 0 Å². The lowest BCUT2D eigenvalue weighted by Gasteiger charge is -1.99. The number of nitriles is 1. The maximum Gasteiger partial charge on any atom is 0.115 e. The van der Waals surface area contributed by atoms with Crippen molar-refractivity contribution in [3.63, 3.8) is 0 Å². The van der Waals surface area contributed by atoms with Crippen LogP contribution in [0.15, 0.2) is 18.2 Å². The van der Waals surface area contributed by atoms with Crippen LogP contribution in [0.4, 0.5) is 0 Å². The maximum absolute atomic E-state index is 9.05. The minimum atomic E-state index is 0.223. The van der Waals surface area contributed by atoms with Crippen LogP contribution < -0.4 is 0 Å². The molecule has 0 aliphatic carbocycles. The van der Waals surface area contributed by atoms with Crippen LogP contribution in [-0.2, 0) is 6.42 Å². The molecule has 0 atom stereocenters. The summed E-state index contributed by atoms with van der Waals surface area (Å²) in [6.45, 7) is 1.95. The quantitative estimate of drug-likeness (QED) is 0.658. The Kier molecular flexibility index (Phi) is 2.12. The van der Waals surface area contributed by atoms with Crippen molar-refractivity contribution in [3.05, 3.63) is 29.3 Å². The second kappa shape index (κ2) is 3.07. The van der Waals surface area contributed by atoms with E-state index in [1.165, 1.54) is 6.07 Å². The Morgan fingerprint density at radius 3 is 2.82 bits per heavy atom. The molecule has 1 rings (SSSR count). The third-order valence-corrected chi connectivity index (χ3v) is 1.59. The zero-order valence-corrected chi connectivity index (χ0v) is 6.33. The molecule has 0 spiro atoms. The summed E-state index contributed by atoms with van der Waals surface area (Å²) >= 11 is 0. The number of phenols is 1. The van der Waals surface area contributed by atoms with Crippen LogP contribution in [-0.4, -0.2) is 5.11 Å². The van der Waals surface area contributed by atoms with Gasteiger partial charge in [0.1, 0.15) is 5.75 Å². The van der Waals surface area contributed by atoms with Gasteiger partial charge in [-0.2, -0.15) is 5.26 Å². The monoisotopic (exact) mass is 147 g/mol. The van der Waals surface area contributed by atoms with Gasteiger partial charge in [-0.25, -0.2) is 0 Å². The van der Waals surface area contributed by atoms with Crippen molar-refractivity contribution < 1.29 is 5.11 Å². The van der Waals surface area contributed by atoms with Crippen molar-refractivity contribution in [2.75, 3.05) is 0 Å². The molecule has 0 amide bonds. The van der Waals surface area contributed by atoms with Crippen LogP contribution in [0, 0.1) is 11.3 Å². The summed E-state index contributed by atoms with van der Waals surface area (Å²) in [5.41, 5.74) is 1.54. The Bertz CT molecular complexity index is 299. The smallest absolute Gasteiger partial charge is 0.115 e. The molecule has 1 N–H and O–H groups in total. The number of phenolic OH excluding ortho intramolecular Hbond substituents is 1. The van der Waals surface area contributed by atoms with Crippen molar-refractivity contribution >= 4 is 0 Å². The van der Waals surface area contributed by atoms with Crippen LogP contribution in [0.5, 0.6) is 5.75 Å². The molecule has 2 heteroatoms. The van der Waals surface area contributed by atoms with E-state index in [4.69, 9.17) is 10.4 Å². The topological polar surface area (TPSA) is 44.0 Å². The number of hydrogen-bond acceptors (Lipinski definition) is 2. The molecule has 1 aromatic rings. The van der Waals surface area contributed by atoms with Crippen molar-refractivity contribution in [1.82, 2.24) is 0 Å². The van der Waals surface area contributed by atoms with Gasteiger partial charge in [-0.1, -0.05) is 6.92 Å². The van der Waals surface area contributed by atoms with Crippen LogP contribution in [0.25, 0.3) is 0 Å². The van der Waals surface area contributed by atoms with Crippen molar-refractivity contribution in [3.8, 4) is 11.8 Å². The van der Waals surface area contributed by atoms with Gasteiger partial charge in [-0.3, -0.25) is 0 Å². The van der Waals surface area contributed by atoms with E-state index in [0.717, 1.165) is 12.0 Å². The summed E-state index contributed by atoms with van der Waals surface area (Å²) < 4.78 is 0. The zero-order chi connectivity index (χ0) is 8.27. The lowest BCUT2D eigenvalue weighted by molar-refractivity contribution is 0.474.